The van der Waals surface area contributed by atoms with Crippen LogP contribution in [0.25, 0.3) is 0 Å². The molecule has 1 aromatic rings. The first kappa shape index (κ1) is 9.22. The zero-order chi connectivity index (χ0) is 9.42. The van der Waals surface area contributed by atoms with Crippen LogP contribution in [0.5, 0.6) is 0 Å². The van der Waals surface area contributed by atoms with Gasteiger partial charge in [0.05, 0.1) is 0 Å². The Morgan fingerprint density at radius 1 is 1.38 bits per heavy atom. The number of nitrogens with zero attached hydrogens (tertiary/aromatic N) is 1. The van der Waals surface area contributed by atoms with Gasteiger partial charge in [0.1, 0.15) is 0 Å². The Kier molecular flexibility index (Phi) is 2.43. The smallest absolute Gasteiger partial charge is 0.0347 e. The number of aryl methyl sites for hydroxylation is 1. The molecule has 0 N–H and O–H groups in total. The molecule has 0 aromatic heterocycles. The lowest BCUT2D eigenvalue weighted by atomic mass is 10.1. The van der Waals surface area contributed by atoms with Crippen molar-refractivity contribution in [2.75, 3.05) is 14.1 Å². The van der Waals surface area contributed by atoms with Crippen LogP contribution in [0.3, 0.4) is 0 Å². The Morgan fingerprint density at radius 2 is 2.15 bits per heavy atom. The lowest BCUT2D eigenvalue weighted by Crippen LogP contribution is -2.17. The number of hydrogen-bond acceptors (Lipinski definition) is 1. The normalized spacial score (nSPS) is 20.8. The average molecular weight is 240 g/mol. The van der Waals surface area contributed by atoms with Gasteiger partial charge in [0.25, 0.3) is 0 Å². The summed E-state index contributed by atoms with van der Waals surface area (Å²) in [4.78, 5) is 2.31. The van der Waals surface area contributed by atoms with E-state index in [1.807, 2.05) is 0 Å². The molecule has 0 unspecified atom stereocenters. The van der Waals surface area contributed by atoms with E-state index in [0.29, 0.717) is 6.04 Å². The van der Waals surface area contributed by atoms with Crippen molar-refractivity contribution in [3.05, 3.63) is 33.8 Å². The van der Waals surface area contributed by atoms with E-state index in [1.54, 1.807) is 0 Å². The van der Waals surface area contributed by atoms with Crippen LogP contribution < -0.4 is 0 Å². The average Bonchev–Trinajstić information content (AvgIpc) is 2.46. The third-order valence-electron chi connectivity index (χ3n) is 2.77. The van der Waals surface area contributed by atoms with E-state index < -0.39 is 0 Å². The van der Waals surface area contributed by atoms with Crippen molar-refractivity contribution in [3.8, 4) is 0 Å². The molecule has 70 valence electrons. The molecule has 1 aliphatic rings. The van der Waals surface area contributed by atoms with Gasteiger partial charge in [-0.1, -0.05) is 22.0 Å². The van der Waals surface area contributed by atoms with Crippen molar-refractivity contribution < 1.29 is 0 Å². The minimum atomic E-state index is 0.628. The van der Waals surface area contributed by atoms with Crippen LogP contribution >= 0.6 is 15.9 Å². The Balaban J connectivity index is 2.38. The van der Waals surface area contributed by atoms with Crippen LogP contribution in [0.1, 0.15) is 23.6 Å². The topological polar surface area (TPSA) is 3.24 Å². The first-order chi connectivity index (χ1) is 6.18. The van der Waals surface area contributed by atoms with E-state index in [4.69, 9.17) is 0 Å². The van der Waals surface area contributed by atoms with Crippen molar-refractivity contribution in [1.82, 2.24) is 4.90 Å². The molecule has 1 aliphatic carbocycles. The summed E-state index contributed by atoms with van der Waals surface area (Å²) < 4.78 is 1.20. The quantitative estimate of drug-likeness (QED) is 0.729. The van der Waals surface area contributed by atoms with E-state index in [1.165, 1.54) is 28.4 Å². The highest BCUT2D eigenvalue weighted by atomic mass is 79.9. The van der Waals surface area contributed by atoms with Crippen molar-refractivity contribution in [3.63, 3.8) is 0 Å². The van der Waals surface area contributed by atoms with Gasteiger partial charge in [-0.3, -0.25) is 0 Å². The summed E-state index contributed by atoms with van der Waals surface area (Å²) in [6.07, 6.45) is 2.48. The second-order valence-corrected chi connectivity index (χ2v) is 4.78. The zero-order valence-corrected chi connectivity index (χ0v) is 9.63. The summed E-state index contributed by atoms with van der Waals surface area (Å²) in [7, 11) is 4.31. The van der Waals surface area contributed by atoms with Gasteiger partial charge < -0.3 is 4.90 Å². The van der Waals surface area contributed by atoms with Crippen molar-refractivity contribution in [2.45, 2.75) is 18.9 Å². The fourth-order valence-electron chi connectivity index (χ4n) is 2.10. The highest BCUT2D eigenvalue weighted by molar-refractivity contribution is 9.10. The minimum Gasteiger partial charge on any atom is -0.302 e. The highest BCUT2D eigenvalue weighted by Gasteiger charge is 2.23. The molecule has 1 atom stereocenters. The maximum absolute atomic E-state index is 3.51. The standard InChI is InChI=1S/C11H14BrN/c1-13(2)11-6-3-8-7-9(12)4-5-10(8)11/h4-5,7,11H,3,6H2,1-2H3/t11-/m0/s1. The van der Waals surface area contributed by atoms with Crippen molar-refractivity contribution in [1.29, 1.82) is 0 Å². The van der Waals surface area contributed by atoms with Gasteiger partial charge in [0.15, 0.2) is 0 Å². The zero-order valence-electron chi connectivity index (χ0n) is 8.05. The van der Waals surface area contributed by atoms with Crippen LogP contribution in [-0.4, -0.2) is 19.0 Å². The van der Waals surface area contributed by atoms with Gasteiger partial charge in [-0.25, -0.2) is 0 Å². The van der Waals surface area contributed by atoms with Gasteiger partial charge in [0, 0.05) is 10.5 Å². The summed E-state index contributed by atoms with van der Waals surface area (Å²) in [5.74, 6) is 0. The maximum Gasteiger partial charge on any atom is 0.0347 e. The Hall–Kier alpha value is -0.340. The largest absolute Gasteiger partial charge is 0.302 e. The summed E-state index contributed by atoms with van der Waals surface area (Å²) in [6, 6.07) is 7.26. The van der Waals surface area contributed by atoms with E-state index in [2.05, 4.69) is 53.1 Å². The lowest BCUT2D eigenvalue weighted by molar-refractivity contribution is 0.299. The van der Waals surface area contributed by atoms with Crippen LogP contribution in [0.2, 0.25) is 0 Å². The molecular formula is C11H14BrN. The molecule has 0 saturated heterocycles. The molecule has 0 fully saturated rings. The monoisotopic (exact) mass is 239 g/mol. The third-order valence-corrected chi connectivity index (χ3v) is 3.27. The SMILES string of the molecule is CN(C)[C@H]1CCc2cc(Br)ccc21. The Labute approximate surface area is 87.9 Å². The van der Waals surface area contributed by atoms with E-state index in [-0.39, 0.29) is 0 Å². The van der Waals surface area contributed by atoms with Gasteiger partial charge in [-0.15, -0.1) is 0 Å². The maximum atomic E-state index is 3.51. The molecule has 1 nitrogen and oxygen atoms in total. The molecule has 1 aromatic carbocycles. The number of halogens is 1. The molecule has 0 radical (unpaired) electrons. The molecule has 13 heavy (non-hydrogen) atoms. The summed E-state index contributed by atoms with van der Waals surface area (Å²) >= 11 is 3.51. The van der Waals surface area contributed by atoms with Crippen molar-refractivity contribution in [2.24, 2.45) is 0 Å². The molecule has 0 spiro atoms. The van der Waals surface area contributed by atoms with Crippen LogP contribution in [-0.2, 0) is 6.42 Å². The number of hydrogen-bond donors (Lipinski definition) is 0. The Morgan fingerprint density at radius 3 is 2.85 bits per heavy atom. The second kappa shape index (κ2) is 3.43. The second-order valence-electron chi connectivity index (χ2n) is 3.86. The molecule has 0 aliphatic heterocycles. The van der Waals surface area contributed by atoms with Gasteiger partial charge >= 0.3 is 0 Å². The molecule has 0 bridgehead atoms. The van der Waals surface area contributed by atoms with Crippen LogP contribution in [0.15, 0.2) is 22.7 Å². The fourth-order valence-corrected chi connectivity index (χ4v) is 2.51. The lowest BCUT2D eigenvalue weighted by Gasteiger charge is -2.19. The number of fused-ring (bicyclic) bond motifs is 1. The van der Waals surface area contributed by atoms with E-state index in [9.17, 15) is 0 Å². The molecule has 2 heteroatoms. The predicted octanol–water partition coefficient (Wildman–Crippen LogP) is 3.00. The molecular weight excluding hydrogens is 226 g/mol. The van der Waals surface area contributed by atoms with Crippen molar-refractivity contribution >= 4 is 15.9 Å². The first-order valence-electron chi connectivity index (χ1n) is 4.63. The van der Waals surface area contributed by atoms with Crippen LogP contribution in [0, 0.1) is 0 Å². The van der Waals surface area contributed by atoms with E-state index >= 15 is 0 Å². The van der Waals surface area contributed by atoms with Gasteiger partial charge in [-0.2, -0.15) is 0 Å². The third kappa shape index (κ3) is 1.65. The molecule has 0 saturated carbocycles. The summed E-state index contributed by atoms with van der Waals surface area (Å²) in [5.41, 5.74) is 3.02. The van der Waals surface area contributed by atoms with Gasteiger partial charge in [0.2, 0.25) is 0 Å². The minimum absolute atomic E-state index is 0.628. The van der Waals surface area contributed by atoms with Gasteiger partial charge in [-0.05, 0) is 50.2 Å². The highest BCUT2D eigenvalue weighted by Crippen LogP contribution is 2.35. The summed E-state index contributed by atoms with van der Waals surface area (Å²) in [5, 5.41) is 0. The van der Waals surface area contributed by atoms with Crippen LogP contribution in [0.4, 0.5) is 0 Å². The molecule has 0 heterocycles. The number of rotatable bonds is 1. The predicted molar refractivity (Wildman–Crippen MR) is 58.9 cm³/mol. The first-order valence-corrected chi connectivity index (χ1v) is 5.42. The summed E-state index contributed by atoms with van der Waals surface area (Å²) in [6.45, 7) is 0. The molecule has 0 amide bonds. The van der Waals surface area contributed by atoms with E-state index in [0.717, 1.165) is 0 Å². The Bertz CT molecular complexity index is 320. The number of benzene rings is 1. The molecule has 2 rings (SSSR count). The fraction of sp³-hybridized carbons (Fsp3) is 0.455.